The first-order chi connectivity index (χ1) is 13.1. The number of hydrogen-bond donors (Lipinski definition) is 0. The molecule has 4 heterocycles. The summed E-state index contributed by atoms with van der Waals surface area (Å²) >= 11 is 1.31. The predicted octanol–water partition coefficient (Wildman–Crippen LogP) is 2.65. The van der Waals surface area contributed by atoms with Crippen molar-refractivity contribution in [2.75, 3.05) is 36.0 Å². The van der Waals surface area contributed by atoms with Crippen LogP contribution in [-0.4, -0.2) is 50.7 Å². The minimum Gasteiger partial charge on any atom is -0.350 e. The number of halogens is 2. The highest BCUT2D eigenvalue weighted by molar-refractivity contribution is 7.22. The number of aryl methyl sites for hydroxylation is 1. The molecule has 10 heteroatoms. The molecule has 1 aliphatic heterocycles. The van der Waals surface area contributed by atoms with Gasteiger partial charge in [-0.3, -0.25) is 4.40 Å². The number of benzene rings is 1. The molecule has 0 amide bonds. The van der Waals surface area contributed by atoms with Gasteiger partial charge < -0.3 is 9.80 Å². The molecule has 0 radical (unpaired) electrons. The lowest BCUT2D eigenvalue weighted by Crippen LogP contribution is -2.47. The minimum atomic E-state index is -0.621. The first kappa shape index (κ1) is 16.3. The molecule has 7 nitrogen and oxygen atoms in total. The van der Waals surface area contributed by atoms with Gasteiger partial charge in [0, 0.05) is 44.6 Å². The molecular formula is C17H15F2N7S. The Hall–Kier alpha value is -2.88. The van der Waals surface area contributed by atoms with Crippen LogP contribution in [0.4, 0.5) is 19.7 Å². The van der Waals surface area contributed by atoms with Crippen LogP contribution >= 0.6 is 11.3 Å². The van der Waals surface area contributed by atoms with E-state index in [1.165, 1.54) is 17.4 Å². The van der Waals surface area contributed by atoms with Crippen molar-refractivity contribution >= 4 is 38.2 Å². The van der Waals surface area contributed by atoms with Crippen molar-refractivity contribution in [3.63, 3.8) is 0 Å². The number of piperazine rings is 1. The van der Waals surface area contributed by atoms with Gasteiger partial charge in [0.05, 0.1) is 4.70 Å². The number of nitrogens with zero attached hydrogens (tertiary/aromatic N) is 7. The Kier molecular flexibility index (Phi) is 3.67. The normalized spacial score (nSPS) is 15.2. The van der Waals surface area contributed by atoms with E-state index in [1.807, 2.05) is 17.5 Å². The second-order valence-corrected chi connectivity index (χ2v) is 7.41. The molecule has 0 saturated carbocycles. The maximum atomic E-state index is 13.9. The molecule has 1 saturated heterocycles. The van der Waals surface area contributed by atoms with Gasteiger partial charge in [0.15, 0.2) is 16.8 Å². The van der Waals surface area contributed by atoms with Crippen molar-refractivity contribution in [2.45, 2.75) is 6.92 Å². The third-order valence-corrected chi connectivity index (χ3v) is 5.79. The number of fused-ring (bicyclic) bond motifs is 2. The van der Waals surface area contributed by atoms with Crippen LogP contribution in [0.1, 0.15) is 5.82 Å². The van der Waals surface area contributed by atoms with Crippen molar-refractivity contribution in [3.05, 3.63) is 42.0 Å². The highest BCUT2D eigenvalue weighted by Gasteiger charge is 2.23. The predicted molar refractivity (Wildman–Crippen MR) is 99.5 cm³/mol. The second-order valence-electron chi connectivity index (χ2n) is 6.40. The quantitative estimate of drug-likeness (QED) is 0.527. The zero-order valence-corrected chi connectivity index (χ0v) is 15.2. The Morgan fingerprint density at radius 3 is 2.63 bits per heavy atom. The van der Waals surface area contributed by atoms with Crippen LogP contribution in [0.3, 0.4) is 0 Å². The van der Waals surface area contributed by atoms with Crippen LogP contribution in [0.25, 0.3) is 15.9 Å². The summed E-state index contributed by atoms with van der Waals surface area (Å²) in [7, 11) is 0. The topological polar surface area (TPSA) is 62.5 Å². The zero-order chi connectivity index (χ0) is 18.5. The second kappa shape index (κ2) is 6.08. The summed E-state index contributed by atoms with van der Waals surface area (Å²) in [5.41, 5.74) is 0.963. The Morgan fingerprint density at radius 1 is 1.04 bits per heavy atom. The van der Waals surface area contributed by atoms with E-state index < -0.39 is 11.6 Å². The first-order valence-corrected chi connectivity index (χ1v) is 9.33. The molecule has 0 atom stereocenters. The molecule has 0 bridgehead atoms. The maximum absolute atomic E-state index is 13.9. The van der Waals surface area contributed by atoms with Crippen LogP contribution in [0, 0.1) is 18.6 Å². The maximum Gasteiger partial charge on any atom is 0.203 e. The van der Waals surface area contributed by atoms with Gasteiger partial charge in [0.1, 0.15) is 17.2 Å². The van der Waals surface area contributed by atoms with Crippen LogP contribution in [0.2, 0.25) is 0 Å². The summed E-state index contributed by atoms with van der Waals surface area (Å²) in [6.07, 6.45) is 3.59. The van der Waals surface area contributed by atoms with E-state index in [1.54, 1.807) is 6.20 Å². The van der Waals surface area contributed by atoms with Crippen molar-refractivity contribution in [3.8, 4) is 0 Å². The van der Waals surface area contributed by atoms with E-state index in [-0.39, 0.29) is 5.52 Å². The summed E-state index contributed by atoms with van der Waals surface area (Å²) in [6.45, 7) is 4.77. The Morgan fingerprint density at radius 2 is 1.81 bits per heavy atom. The lowest BCUT2D eigenvalue weighted by Gasteiger charge is -2.35. The first-order valence-electron chi connectivity index (χ1n) is 8.52. The Bertz CT molecular complexity index is 1150. The van der Waals surface area contributed by atoms with Gasteiger partial charge in [0.2, 0.25) is 5.65 Å². The monoisotopic (exact) mass is 387 g/mol. The number of hydrogen-bond acceptors (Lipinski definition) is 7. The fourth-order valence-electron chi connectivity index (χ4n) is 3.34. The Labute approximate surface area is 156 Å². The van der Waals surface area contributed by atoms with Crippen molar-refractivity contribution < 1.29 is 8.78 Å². The summed E-state index contributed by atoms with van der Waals surface area (Å²) in [6, 6.07) is 2.20. The van der Waals surface area contributed by atoms with Gasteiger partial charge in [-0.15, -0.1) is 10.2 Å². The molecule has 0 aliphatic carbocycles. The summed E-state index contributed by atoms with van der Waals surface area (Å²) in [4.78, 5) is 13.1. The lowest BCUT2D eigenvalue weighted by atomic mass is 10.3. The van der Waals surface area contributed by atoms with E-state index in [2.05, 4.69) is 30.0 Å². The van der Waals surface area contributed by atoms with Crippen molar-refractivity contribution in [1.82, 2.24) is 24.6 Å². The molecule has 3 aromatic heterocycles. The summed E-state index contributed by atoms with van der Waals surface area (Å²) in [5, 5.41) is 9.05. The molecule has 0 N–H and O–H groups in total. The lowest BCUT2D eigenvalue weighted by molar-refractivity contribution is 0.591. The summed E-state index contributed by atoms with van der Waals surface area (Å²) in [5.74, 6) is 0.415. The van der Waals surface area contributed by atoms with Crippen LogP contribution in [0.5, 0.6) is 0 Å². The number of rotatable bonds is 2. The molecule has 27 heavy (non-hydrogen) atoms. The standard InChI is InChI=1S/C17H15F2N7S/c1-10-22-23-16-15(20-2-3-26(10)16)24-4-6-25(7-5-24)17-21-14-12(19)8-11(18)9-13(14)27-17/h2-3,8-9H,4-7H2,1H3. The molecule has 138 valence electrons. The van der Waals surface area contributed by atoms with E-state index in [4.69, 9.17) is 0 Å². The van der Waals surface area contributed by atoms with E-state index in [9.17, 15) is 8.78 Å². The largest absolute Gasteiger partial charge is 0.350 e. The van der Waals surface area contributed by atoms with Gasteiger partial charge in [-0.25, -0.2) is 18.7 Å². The fourth-order valence-corrected chi connectivity index (χ4v) is 4.40. The van der Waals surface area contributed by atoms with Crippen LogP contribution in [0.15, 0.2) is 24.5 Å². The summed E-state index contributed by atoms with van der Waals surface area (Å²) < 4.78 is 29.8. The molecule has 0 unspecified atom stereocenters. The van der Waals surface area contributed by atoms with Gasteiger partial charge in [-0.1, -0.05) is 11.3 Å². The molecule has 1 aliphatic rings. The molecular weight excluding hydrogens is 372 g/mol. The average Bonchev–Trinajstić information content (AvgIpc) is 3.26. The smallest absolute Gasteiger partial charge is 0.203 e. The molecule has 1 aromatic carbocycles. The molecule has 1 fully saturated rings. The van der Waals surface area contributed by atoms with Crippen molar-refractivity contribution in [2.24, 2.45) is 0 Å². The number of aromatic nitrogens is 5. The molecule has 4 aromatic rings. The minimum absolute atomic E-state index is 0.226. The van der Waals surface area contributed by atoms with Crippen LogP contribution < -0.4 is 9.80 Å². The number of anilines is 2. The molecule has 5 rings (SSSR count). The average molecular weight is 387 g/mol. The Balaban J connectivity index is 1.39. The third kappa shape index (κ3) is 2.67. The van der Waals surface area contributed by atoms with Gasteiger partial charge in [0.25, 0.3) is 0 Å². The van der Waals surface area contributed by atoms with E-state index in [0.29, 0.717) is 22.9 Å². The zero-order valence-electron chi connectivity index (χ0n) is 14.4. The molecule has 0 spiro atoms. The SMILES string of the molecule is Cc1nnc2c(N3CCN(c4nc5c(F)cc(F)cc5s4)CC3)nccn12. The fraction of sp³-hybridized carbons (Fsp3) is 0.294. The number of thiazole rings is 1. The van der Waals surface area contributed by atoms with Gasteiger partial charge in [-0.05, 0) is 13.0 Å². The van der Waals surface area contributed by atoms with Crippen molar-refractivity contribution in [1.29, 1.82) is 0 Å². The van der Waals surface area contributed by atoms with Gasteiger partial charge >= 0.3 is 0 Å². The van der Waals surface area contributed by atoms with E-state index >= 15 is 0 Å². The highest BCUT2D eigenvalue weighted by atomic mass is 32.1. The van der Waals surface area contributed by atoms with Gasteiger partial charge in [-0.2, -0.15) is 0 Å². The third-order valence-electron chi connectivity index (χ3n) is 4.73. The van der Waals surface area contributed by atoms with E-state index in [0.717, 1.165) is 36.4 Å². The highest BCUT2D eigenvalue weighted by Crippen LogP contribution is 2.32. The van der Waals surface area contributed by atoms with Crippen LogP contribution in [-0.2, 0) is 0 Å².